The number of hydrogen-bond donors (Lipinski definition) is 0. The van der Waals surface area contributed by atoms with Crippen molar-refractivity contribution in [2.24, 2.45) is 0 Å². The SMILES string of the molecule is c1cc(-c2ccc(-c3cc4c(-c5ccc6ccccc6c5)nc5ccccc5c4c4ccccc34)cc2)cc(-c2nc(-c3ccc4ccccc4c3)nc(-c3ccc4ccccc4c3)n2)c1. The zero-order valence-electron chi connectivity index (χ0n) is 35.7. The predicted octanol–water partition coefficient (Wildman–Crippen LogP) is 16.2. The van der Waals surface area contributed by atoms with Gasteiger partial charge in [0.2, 0.25) is 0 Å². The Morgan fingerprint density at radius 1 is 0.227 bits per heavy atom. The lowest BCUT2D eigenvalue weighted by Crippen LogP contribution is -2.00. The van der Waals surface area contributed by atoms with Gasteiger partial charge in [-0.05, 0) is 102 Å². The molecule has 66 heavy (non-hydrogen) atoms. The highest BCUT2D eigenvalue weighted by atomic mass is 15.0. The van der Waals surface area contributed by atoms with Crippen molar-refractivity contribution in [2.45, 2.75) is 0 Å². The molecule has 2 aromatic heterocycles. The molecule has 0 aliphatic heterocycles. The summed E-state index contributed by atoms with van der Waals surface area (Å²) in [6, 6.07) is 82.0. The van der Waals surface area contributed by atoms with E-state index in [1.165, 1.54) is 43.3 Å². The van der Waals surface area contributed by atoms with Gasteiger partial charge in [-0.1, -0.05) is 194 Å². The number of para-hydroxylation sites is 1. The van der Waals surface area contributed by atoms with Gasteiger partial charge in [-0.15, -0.1) is 0 Å². The lowest BCUT2D eigenvalue weighted by atomic mass is 9.89. The molecule has 0 radical (unpaired) electrons. The fourth-order valence-electron chi connectivity index (χ4n) is 9.71. The van der Waals surface area contributed by atoms with E-state index in [0.29, 0.717) is 17.5 Å². The van der Waals surface area contributed by atoms with Crippen LogP contribution < -0.4 is 0 Å². The Hall–Kier alpha value is -8.86. The van der Waals surface area contributed by atoms with Gasteiger partial charge in [0, 0.05) is 38.4 Å². The van der Waals surface area contributed by atoms with Crippen LogP contribution in [0.25, 0.3) is 132 Å². The van der Waals surface area contributed by atoms with Gasteiger partial charge in [0.05, 0.1) is 11.2 Å². The van der Waals surface area contributed by atoms with E-state index < -0.39 is 0 Å². The first-order chi connectivity index (χ1) is 32.7. The van der Waals surface area contributed by atoms with Crippen molar-refractivity contribution in [1.29, 1.82) is 0 Å². The summed E-state index contributed by atoms with van der Waals surface area (Å²) in [5.41, 5.74) is 10.4. The van der Waals surface area contributed by atoms with Crippen molar-refractivity contribution in [3.05, 3.63) is 231 Å². The summed E-state index contributed by atoms with van der Waals surface area (Å²) in [6.45, 7) is 0. The lowest BCUT2D eigenvalue weighted by Gasteiger charge is -2.16. The van der Waals surface area contributed by atoms with Gasteiger partial charge >= 0.3 is 0 Å². The molecule has 13 aromatic rings. The summed E-state index contributed by atoms with van der Waals surface area (Å²) in [6.07, 6.45) is 0. The van der Waals surface area contributed by atoms with Gasteiger partial charge in [0.15, 0.2) is 17.5 Å². The Bertz CT molecular complexity index is 3960. The summed E-state index contributed by atoms with van der Waals surface area (Å²) in [7, 11) is 0. The third-order valence-corrected chi connectivity index (χ3v) is 13.0. The first-order valence-corrected chi connectivity index (χ1v) is 22.4. The van der Waals surface area contributed by atoms with E-state index in [1.54, 1.807) is 0 Å². The molecule has 0 aliphatic carbocycles. The summed E-state index contributed by atoms with van der Waals surface area (Å²) in [5.74, 6) is 1.90. The van der Waals surface area contributed by atoms with Gasteiger partial charge < -0.3 is 0 Å². The standard InChI is InChI=1S/C62H38N4/c1-4-15-44-34-48(31-26-39(44)12-1)59-56-38-55(52-20-7-8-21-53(52)58(56)54-22-9-10-23-57(54)63-59)43-29-24-42(25-30-43)47-18-11-19-49(35-47)60-64-61(50-32-27-40-13-2-5-16-45(40)36-50)66-62(65-60)51-33-28-41-14-3-6-17-46(41)37-51/h1-38H. The van der Waals surface area contributed by atoms with Gasteiger partial charge in [-0.25, -0.2) is 19.9 Å². The fraction of sp³-hybridized carbons (Fsp3) is 0. The normalized spacial score (nSPS) is 11.6. The van der Waals surface area contributed by atoms with Crippen LogP contribution in [0.5, 0.6) is 0 Å². The molecule has 4 nitrogen and oxygen atoms in total. The highest BCUT2D eigenvalue weighted by Gasteiger charge is 2.18. The van der Waals surface area contributed by atoms with Crippen LogP contribution in [0.15, 0.2) is 231 Å². The first-order valence-electron chi connectivity index (χ1n) is 22.4. The molecule has 0 amide bonds. The molecule has 2 heterocycles. The highest BCUT2D eigenvalue weighted by molar-refractivity contribution is 6.25. The summed E-state index contributed by atoms with van der Waals surface area (Å²) in [4.78, 5) is 20.8. The highest BCUT2D eigenvalue weighted by Crippen LogP contribution is 2.42. The van der Waals surface area contributed by atoms with E-state index in [9.17, 15) is 0 Å². The maximum Gasteiger partial charge on any atom is 0.164 e. The Balaban J connectivity index is 0.922. The maximum atomic E-state index is 5.36. The van der Waals surface area contributed by atoms with Crippen LogP contribution >= 0.6 is 0 Å². The Labute approximate surface area is 381 Å². The number of benzene rings is 11. The summed E-state index contributed by atoms with van der Waals surface area (Å²) >= 11 is 0. The molecule has 0 spiro atoms. The second kappa shape index (κ2) is 15.4. The van der Waals surface area contributed by atoms with Crippen LogP contribution in [0.2, 0.25) is 0 Å². The van der Waals surface area contributed by atoms with E-state index in [1.807, 2.05) is 0 Å². The number of pyridine rings is 1. The van der Waals surface area contributed by atoms with Crippen LogP contribution in [0.4, 0.5) is 0 Å². The van der Waals surface area contributed by atoms with Gasteiger partial charge in [-0.2, -0.15) is 0 Å². The molecule has 0 N–H and O–H groups in total. The number of hydrogen-bond acceptors (Lipinski definition) is 4. The Morgan fingerprint density at radius 2 is 0.667 bits per heavy atom. The molecule has 0 saturated carbocycles. The Kier molecular flexibility index (Phi) is 8.81. The van der Waals surface area contributed by atoms with Crippen LogP contribution in [0.1, 0.15) is 0 Å². The third-order valence-electron chi connectivity index (χ3n) is 13.0. The summed E-state index contributed by atoms with van der Waals surface area (Å²) < 4.78 is 0. The minimum absolute atomic E-state index is 0.626. The quantitative estimate of drug-likeness (QED) is 0.157. The molecule has 0 atom stereocenters. The maximum absolute atomic E-state index is 5.36. The molecular formula is C62H38N4. The van der Waals surface area contributed by atoms with E-state index in [4.69, 9.17) is 19.9 Å². The smallest absolute Gasteiger partial charge is 0.164 e. The monoisotopic (exact) mass is 838 g/mol. The molecule has 0 saturated heterocycles. The van der Waals surface area contributed by atoms with E-state index in [-0.39, 0.29) is 0 Å². The number of nitrogens with zero attached hydrogens (tertiary/aromatic N) is 4. The largest absolute Gasteiger partial charge is 0.247 e. The zero-order chi connectivity index (χ0) is 43.6. The topological polar surface area (TPSA) is 51.6 Å². The van der Waals surface area contributed by atoms with E-state index in [0.717, 1.165) is 71.7 Å². The van der Waals surface area contributed by atoms with Gasteiger partial charge in [0.1, 0.15) is 0 Å². The average molecular weight is 839 g/mol. The van der Waals surface area contributed by atoms with Gasteiger partial charge in [-0.3, -0.25) is 0 Å². The van der Waals surface area contributed by atoms with Crippen molar-refractivity contribution in [3.63, 3.8) is 0 Å². The van der Waals surface area contributed by atoms with Gasteiger partial charge in [0.25, 0.3) is 0 Å². The lowest BCUT2D eigenvalue weighted by molar-refractivity contribution is 1.08. The van der Waals surface area contributed by atoms with Crippen LogP contribution in [0.3, 0.4) is 0 Å². The second-order valence-corrected chi connectivity index (χ2v) is 17.0. The van der Waals surface area contributed by atoms with E-state index >= 15 is 0 Å². The van der Waals surface area contributed by atoms with E-state index in [2.05, 4.69) is 231 Å². The number of fused-ring (bicyclic) bond motifs is 8. The third kappa shape index (κ3) is 6.55. The van der Waals surface area contributed by atoms with Crippen molar-refractivity contribution in [1.82, 2.24) is 19.9 Å². The van der Waals surface area contributed by atoms with Crippen molar-refractivity contribution in [2.75, 3.05) is 0 Å². The zero-order valence-corrected chi connectivity index (χ0v) is 35.7. The average Bonchev–Trinajstić information content (AvgIpc) is 3.39. The molecule has 11 aromatic carbocycles. The minimum atomic E-state index is 0.626. The second-order valence-electron chi connectivity index (χ2n) is 17.0. The van der Waals surface area contributed by atoms with Crippen LogP contribution in [0, 0.1) is 0 Å². The van der Waals surface area contributed by atoms with Crippen LogP contribution in [-0.4, -0.2) is 19.9 Å². The Morgan fingerprint density at radius 3 is 1.27 bits per heavy atom. The molecule has 0 unspecified atom stereocenters. The van der Waals surface area contributed by atoms with Crippen molar-refractivity contribution in [3.8, 4) is 67.7 Å². The predicted molar refractivity (Wildman–Crippen MR) is 275 cm³/mol. The molecule has 4 heteroatoms. The van der Waals surface area contributed by atoms with Crippen LogP contribution in [-0.2, 0) is 0 Å². The summed E-state index contributed by atoms with van der Waals surface area (Å²) in [5, 5.41) is 13.0. The molecule has 0 fully saturated rings. The van der Waals surface area contributed by atoms with Crippen molar-refractivity contribution >= 4 is 64.8 Å². The minimum Gasteiger partial charge on any atom is -0.247 e. The molecule has 0 bridgehead atoms. The number of rotatable bonds is 6. The number of aromatic nitrogens is 4. The molecule has 0 aliphatic rings. The molecule has 306 valence electrons. The molecular weight excluding hydrogens is 801 g/mol. The first kappa shape index (κ1) is 37.7. The van der Waals surface area contributed by atoms with Crippen molar-refractivity contribution < 1.29 is 0 Å². The molecule has 13 rings (SSSR count). The fourth-order valence-corrected chi connectivity index (χ4v) is 9.71.